The first-order chi connectivity index (χ1) is 7.33. The SMILES string of the molecule is CS(=O)(=O)Nc1cc(O)ccc1[C@H](O)CN. The van der Waals surface area contributed by atoms with Crippen molar-refractivity contribution in [3.05, 3.63) is 23.8 Å². The largest absolute Gasteiger partial charge is 0.508 e. The van der Waals surface area contributed by atoms with Crippen LogP contribution in [0.4, 0.5) is 5.69 Å². The van der Waals surface area contributed by atoms with Crippen LogP contribution in [-0.4, -0.2) is 31.4 Å². The molecule has 5 N–H and O–H groups in total. The van der Waals surface area contributed by atoms with Gasteiger partial charge >= 0.3 is 0 Å². The van der Waals surface area contributed by atoms with Gasteiger partial charge in [-0.05, 0) is 6.07 Å². The number of aromatic hydroxyl groups is 1. The summed E-state index contributed by atoms with van der Waals surface area (Å²) in [6, 6.07) is 3.98. The molecular formula is C9H14N2O4S. The number of phenols is 1. The number of nitrogens with one attached hydrogen (secondary N) is 1. The van der Waals surface area contributed by atoms with Crippen LogP contribution in [0.25, 0.3) is 0 Å². The molecule has 0 bridgehead atoms. The van der Waals surface area contributed by atoms with Crippen molar-refractivity contribution < 1.29 is 18.6 Å². The molecule has 1 rings (SSSR count). The zero-order chi connectivity index (χ0) is 12.3. The highest BCUT2D eigenvalue weighted by Gasteiger charge is 2.14. The molecule has 0 aliphatic heterocycles. The molecule has 0 radical (unpaired) electrons. The number of nitrogens with two attached hydrogens (primary N) is 1. The smallest absolute Gasteiger partial charge is 0.229 e. The number of aliphatic hydroxyl groups is 1. The van der Waals surface area contributed by atoms with Crippen LogP contribution in [0.5, 0.6) is 5.75 Å². The molecule has 0 aliphatic rings. The van der Waals surface area contributed by atoms with Crippen molar-refractivity contribution in [2.75, 3.05) is 17.5 Å². The molecule has 0 amide bonds. The molecule has 0 aliphatic carbocycles. The summed E-state index contributed by atoms with van der Waals surface area (Å²) in [5, 5.41) is 18.8. The second-order valence-corrected chi connectivity index (χ2v) is 5.15. The van der Waals surface area contributed by atoms with Gasteiger partial charge in [0.25, 0.3) is 0 Å². The fourth-order valence-corrected chi connectivity index (χ4v) is 1.83. The molecule has 90 valence electrons. The van der Waals surface area contributed by atoms with E-state index in [0.717, 1.165) is 6.26 Å². The van der Waals surface area contributed by atoms with E-state index >= 15 is 0 Å². The summed E-state index contributed by atoms with van der Waals surface area (Å²) in [7, 11) is -3.47. The highest BCUT2D eigenvalue weighted by molar-refractivity contribution is 7.92. The molecule has 1 aromatic carbocycles. The number of benzene rings is 1. The molecule has 6 nitrogen and oxygen atoms in total. The van der Waals surface area contributed by atoms with Crippen molar-refractivity contribution in [1.29, 1.82) is 0 Å². The van der Waals surface area contributed by atoms with Gasteiger partial charge in [0.2, 0.25) is 10.0 Å². The minimum absolute atomic E-state index is 0.0385. The first kappa shape index (κ1) is 12.8. The fraction of sp³-hybridized carbons (Fsp3) is 0.333. The van der Waals surface area contributed by atoms with Crippen LogP contribution in [0.3, 0.4) is 0 Å². The molecule has 1 aromatic rings. The quantitative estimate of drug-likeness (QED) is 0.585. The number of aliphatic hydroxyl groups excluding tert-OH is 1. The molecule has 0 spiro atoms. The minimum Gasteiger partial charge on any atom is -0.508 e. The maximum atomic E-state index is 11.1. The van der Waals surface area contributed by atoms with E-state index in [0.29, 0.717) is 5.56 Å². The zero-order valence-corrected chi connectivity index (χ0v) is 9.53. The summed E-state index contributed by atoms with van der Waals surface area (Å²) in [6.07, 6.45) is 0.000180. The van der Waals surface area contributed by atoms with Crippen LogP contribution in [-0.2, 0) is 10.0 Å². The molecule has 0 saturated heterocycles. The van der Waals surface area contributed by atoms with E-state index < -0.39 is 16.1 Å². The summed E-state index contributed by atoms with van der Waals surface area (Å²) < 4.78 is 24.3. The van der Waals surface area contributed by atoms with E-state index in [4.69, 9.17) is 5.73 Å². The Labute approximate surface area is 93.8 Å². The first-order valence-corrected chi connectivity index (χ1v) is 6.41. The minimum atomic E-state index is -3.47. The molecule has 1 atom stereocenters. The molecule has 0 fully saturated rings. The Hall–Kier alpha value is -1.31. The van der Waals surface area contributed by atoms with Gasteiger partial charge in [-0.3, -0.25) is 4.72 Å². The van der Waals surface area contributed by atoms with E-state index in [1.54, 1.807) is 0 Å². The fourth-order valence-electron chi connectivity index (χ4n) is 1.25. The Morgan fingerprint density at radius 2 is 2.12 bits per heavy atom. The number of sulfonamides is 1. The Balaban J connectivity index is 3.18. The normalized spacial score (nSPS) is 13.4. The van der Waals surface area contributed by atoms with E-state index in [1.165, 1.54) is 18.2 Å². The Bertz CT molecular complexity index is 472. The lowest BCUT2D eigenvalue weighted by Crippen LogP contribution is -2.16. The molecule has 0 unspecified atom stereocenters. The van der Waals surface area contributed by atoms with Gasteiger partial charge < -0.3 is 15.9 Å². The van der Waals surface area contributed by atoms with Gasteiger partial charge in [0.05, 0.1) is 18.0 Å². The second kappa shape index (κ2) is 4.69. The third-order valence-corrected chi connectivity index (χ3v) is 2.51. The van der Waals surface area contributed by atoms with Crippen molar-refractivity contribution in [3.8, 4) is 5.75 Å². The number of phenolic OH excluding ortho intramolecular Hbond substituents is 1. The predicted molar refractivity (Wildman–Crippen MR) is 60.6 cm³/mol. The maximum absolute atomic E-state index is 11.1. The highest BCUT2D eigenvalue weighted by Crippen LogP contribution is 2.27. The lowest BCUT2D eigenvalue weighted by molar-refractivity contribution is 0.187. The van der Waals surface area contributed by atoms with Crippen molar-refractivity contribution in [2.24, 2.45) is 5.73 Å². The first-order valence-electron chi connectivity index (χ1n) is 4.52. The van der Waals surface area contributed by atoms with Crippen LogP contribution in [0.2, 0.25) is 0 Å². The third kappa shape index (κ3) is 3.37. The molecule has 0 saturated carbocycles. The van der Waals surface area contributed by atoms with Crippen LogP contribution >= 0.6 is 0 Å². The van der Waals surface area contributed by atoms with Crippen molar-refractivity contribution in [1.82, 2.24) is 0 Å². The number of rotatable bonds is 4. The molecule has 0 aromatic heterocycles. The van der Waals surface area contributed by atoms with Crippen LogP contribution < -0.4 is 10.5 Å². The summed E-state index contributed by atoms with van der Waals surface area (Å²) in [4.78, 5) is 0. The average molecular weight is 246 g/mol. The van der Waals surface area contributed by atoms with Crippen LogP contribution in [0.1, 0.15) is 11.7 Å². The van der Waals surface area contributed by atoms with Gasteiger partial charge in [0, 0.05) is 18.2 Å². The van der Waals surface area contributed by atoms with Gasteiger partial charge in [0.1, 0.15) is 5.75 Å². The third-order valence-electron chi connectivity index (χ3n) is 1.91. The van der Waals surface area contributed by atoms with Gasteiger partial charge in [-0.25, -0.2) is 8.42 Å². The topological polar surface area (TPSA) is 113 Å². The standard InChI is InChI=1S/C9H14N2O4S/c1-16(14,15)11-8-4-6(12)2-3-7(8)9(13)5-10/h2-4,9,11-13H,5,10H2,1H3/t9-/m1/s1. The number of hydrogen-bond donors (Lipinski definition) is 4. The van der Waals surface area contributed by atoms with Gasteiger partial charge in [0.15, 0.2) is 0 Å². The maximum Gasteiger partial charge on any atom is 0.229 e. The number of hydrogen-bond acceptors (Lipinski definition) is 5. The average Bonchev–Trinajstić information content (AvgIpc) is 2.14. The highest BCUT2D eigenvalue weighted by atomic mass is 32.2. The molecular weight excluding hydrogens is 232 g/mol. The Morgan fingerprint density at radius 3 is 2.62 bits per heavy atom. The van der Waals surface area contributed by atoms with Crippen LogP contribution in [0, 0.1) is 0 Å². The van der Waals surface area contributed by atoms with E-state index in [-0.39, 0.29) is 18.0 Å². The van der Waals surface area contributed by atoms with Gasteiger partial charge in [-0.2, -0.15) is 0 Å². The Morgan fingerprint density at radius 1 is 1.50 bits per heavy atom. The zero-order valence-electron chi connectivity index (χ0n) is 8.71. The van der Waals surface area contributed by atoms with Gasteiger partial charge in [-0.15, -0.1) is 0 Å². The van der Waals surface area contributed by atoms with Crippen molar-refractivity contribution in [3.63, 3.8) is 0 Å². The molecule has 7 heteroatoms. The van der Waals surface area contributed by atoms with Crippen molar-refractivity contribution in [2.45, 2.75) is 6.10 Å². The second-order valence-electron chi connectivity index (χ2n) is 3.40. The van der Waals surface area contributed by atoms with E-state index in [2.05, 4.69) is 4.72 Å². The summed E-state index contributed by atoms with van der Waals surface area (Å²) in [5.74, 6) is -0.0980. The summed E-state index contributed by atoms with van der Waals surface area (Å²) in [5.41, 5.74) is 5.74. The molecule has 0 heterocycles. The van der Waals surface area contributed by atoms with E-state index in [1.807, 2.05) is 0 Å². The Kier molecular flexibility index (Phi) is 3.74. The lowest BCUT2D eigenvalue weighted by Gasteiger charge is -2.14. The van der Waals surface area contributed by atoms with E-state index in [9.17, 15) is 18.6 Å². The monoisotopic (exact) mass is 246 g/mol. The molecule has 16 heavy (non-hydrogen) atoms. The summed E-state index contributed by atoms with van der Waals surface area (Å²) >= 11 is 0. The van der Waals surface area contributed by atoms with Crippen molar-refractivity contribution >= 4 is 15.7 Å². The predicted octanol–water partition coefficient (Wildman–Crippen LogP) is -0.244. The summed E-state index contributed by atoms with van der Waals surface area (Å²) in [6.45, 7) is -0.0385. The lowest BCUT2D eigenvalue weighted by atomic mass is 10.1. The van der Waals surface area contributed by atoms with Gasteiger partial charge in [-0.1, -0.05) is 6.07 Å². The number of anilines is 1. The van der Waals surface area contributed by atoms with Crippen LogP contribution in [0.15, 0.2) is 18.2 Å².